The molecule has 0 aliphatic heterocycles. The van der Waals surface area contributed by atoms with E-state index in [0.29, 0.717) is 22.9 Å². The second kappa shape index (κ2) is 5.87. The van der Waals surface area contributed by atoms with Crippen LogP contribution in [0.25, 0.3) is 0 Å². The van der Waals surface area contributed by atoms with Gasteiger partial charge in [-0.15, -0.1) is 0 Å². The van der Waals surface area contributed by atoms with Crippen LogP contribution in [0.1, 0.15) is 0 Å². The number of hydrogen-bond acceptors (Lipinski definition) is 6. The molecule has 0 unspecified atom stereocenters. The van der Waals surface area contributed by atoms with Gasteiger partial charge in [0.05, 0.1) is 19.1 Å². The first-order valence-electron chi connectivity index (χ1n) is 5.73. The van der Waals surface area contributed by atoms with Crippen molar-refractivity contribution >= 4 is 17.1 Å². The van der Waals surface area contributed by atoms with Gasteiger partial charge >= 0.3 is 5.69 Å². The average molecular weight is 275 g/mol. The summed E-state index contributed by atoms with van der Waals surface area (Å²) in [6.45, 7) is 0. The monoisotopic (exact) mass is 275 g/mol. The fraction of sp³-hybridized carbons (Fsp3) is 0.154. The van der Waals surface area contributed by atoms with Crippen LogP contribution < -0.4 is 14.8 Å². The molecule has 1 aromatic heterocycles. The van der Waals surface area contributed by atoms with Gasteiger partial charge in [0.15, 0.2) is 11.5 Å². The highest BCUT2D eigenvalue weighted by Crippen LogP contribution is 2.32. The maximum absolute atomic E-state index is 10.9. The van der Waals surface area contributed by atoms with Crippen molar-refractivity contribution in [3.63, 3.8) is 0 Å². The molecule has 0 saturated heterocycles. The second-order valence-corrected chi connectivity index (χ2v) is 3.84. The number of benzene rings is 1. The molecule has 0 aliphatic carbocycles. The lowest BCUT2D eigenvalue weighted by Crippen LogP contribution is -1.98. The molecule has 2 rings (SSSR count). The minimum Gasteiger partial charge on any atom is -0.493 e. The fourth-order valence-electron chi connectivity index (χ4n) is 1.71. The maximum atomic E-state index is 10.9. The van der Waals surface area contributed by atoms with Gasteiger partial charge < -0.3 is 14.8 Å². The van der Waals surface area contributed by atoms with Gasteiger partial charge in [-0.2, -0.15) is 0 Å². The van der Waals surface area contributed by atoms with Crippen molar-refractivity contribution in [1.82, 2.24) is 4.98 Å². The predicted octanol–water partition coefficient (Wildman–Crippen LogP) is 2.75. The normalized spacial score (nSPS) is 9.90. The van der Waals surface area contributed by atoms with Crippen LogP contribution >= 0.6 is 0 Å². The molecule has 20 heavy (non-hydrogen) atoms. The number of hydrogen-bond donors (Lipinski definition) is 1. The van der Waals surface area contributed by atoms with Crippen LogP contribution in [0.4, 0.5) is 17.1 Å². The third kappa shape index (κ3) is 2.77. The highest BCUT2D eigenvalue weighted by molar-refractivity contribution is 5.70. The zero-order valence-corrected chi connectivity index (χ0v) is 11.0. The lowest BCUT2D eigenvalue weighted by Gasteiger charge is -2.11. The van der Waals surface area contributed by atoms with Crippen LogP contribution in [0.5, 0.6) is 11.5 Å². The Bertz CT molecular complexity index is 631. The number of anilines is 2. The maximum Gasteiger partial charge on any atom is 0.310 e. The fourth-order valence-corrected chi connectivity index (χ4v) is 1.71. The Morgan fingerprint density at radius 3 is 2.60 bits per heavy atom. The number of rotatable bonds is 5. The van der Waals surface area contributed by atoms with E-state index in [2.05, 4.69) is 10.3 Å². The van der Waals surface area contributed by atoms with Crippen molar-refractivity contribution in [1.29, 1.82) is 0 Å². The molecule has 7 heteroatoms. The van der Waals surface area contributed by atoms with Gasteiger partial charge in [-0.25, -0.2) is 0 Å². The summed E-state index contributed by atoms with van der Waals surface area (Å²) in [4.78, 5) is 14.2. The van der Waals surface area contributed by atoms with Gasteiger partial charge in [0.1, 0.15) is 11.9 Å². The zero-order valence-electron chi connectivity index (χ0n) is 11.0. The number of ether oxygens (including phenoxy) is 2. The Hall–Kier alpha value is -2.83. The van der Waals surface area contributed by atoms with Crippen LogP contribution in [0.2, 0.25) is 0 Å². The Morgan fingerprint density at radius 2 is 1.95 bits per heavy atom. The van der Waals surface area contributed by atoms with Crippen molar-refractivity contribution in [3.8, 4) is 11.5 Å². The molecular weight excluding hydrogens is 262 g/mol. The molecule has 0 radical (unpaired) electrons. The minimum absolute atomic E-state index is 0.0951. The summed E-state index contributed by atoms with van der Waals surface area (Å²) < 4.78 is 10.3. The lowest BCUT2D eigenvalue weighted by molar-refractivity contribution is -0.384. The van der Waals surface area contributed by atoms with Crippen LogP contribution in [-0.2, 0) is 0 Å². The van der Waals surface area contributed by atoms with Crippen molar-refractivity contribution in [2.24, 2.45) is 0 Å². The number of methoxy groups -OCH3 is 2. The number of nitrogens with zero attached hydrogens (tertiary/aromatic N) is 2. The van der Waals surface area contributed by atoms with Gasteiger partial charge in [0, 0.05) is 18.0 Å². The molecule has 0 atom stereocenters. The largest absolute Gasteiger partial charge is 0.493 e. The molecule has 1 aromatic carbocycles. The summed E-state index contributed by atoms with van der Waals surface area (Å²) in [7, 11) is 3.06. The van der Waals surface area contributed by atoms with E-state index in [1.807, 2.05) is 0 Å². The predicted molar refractivity (Wildman–Crippen MR) is 73.7 cm³/mol. The van der Waals surface area contributed by atoms with Crippen LogP contribution in [0, 0.1) is 10.1 Å². The van der Waals surface area contributed by atoms with Gasteiger partial charge in [0.2, 0.25) is 0 Å². The quantitative estimate of drug-likeness (QED) is 0.667. The summed E-state index contributed by atoms with van der Waals surface area (Å²) in [6.07, 6.45) is 2.68. The molecule has 1 N–H and O–H groups in total. The van der Waals surface area contributed by atoms with Gasteiger partial charge in [0.25, 0.3) is 0 Å². The van der Waals surface area contributed by atoms with E-state index in [9.17, 15) is 10.1 Å². The summed E-state index contributed by atoms with van der Waals surface area (Å²) in [5.74, 6) is 1.12. The highest BCUT2D eigenvalue weighted by Gasteiger charge is 2.14. The molecule has 1 heterocycles. The first kappa shape index (κ1) is 13.6. The lowest BCUT2D eigenvalue weighted by atomic mass is 10.2. The number of aromatic nitrogens is 1. The van der Waals surface area contributed by atoms with Gasteiger partial charge in [-0.3, -0.25) is 15.1 Å². The topological polar surface area (TPSA) is 86.5 Å². The molecule has 0 aliphatic rings. The van der Waals surface area contributed by atoms with E-state index in [0.717, 1.165) is 0 Å². The molecule has 0 spiro atoms. The molecule has 104 valence electrons. The van der Waals surface area contributed by atoms with Gasteiger partial charge in [-0.05, 0) is 18.2 Å². The molecule has 7 nitrogen and oxygen atoms in total. The van der Waals surface area contributed by atoms with E-state index in [1.54, 1.807) is 25.3 Å². The molecule has 0 saturated carbocycles. The van der Waals surface area contributed by atoms with Crippen LogP contribution in [0.3, 0.4) is 0 Å². The smallest absolute Gasteiger partial charge is 0.310 e. The average Bonchev–Trinajstić information content (AvgIpc) is 2.47. The van der Waals surface area contributed by atoms with Crippen molar-refractivity contribution in [3.05, 3.63) is 46.8 Å². The van der Waals surface area contributed by atoms with Crippen molar-refractivity contribution in [2.75, 3.05) is 19.5 Å². The van der Waals surface area contributed by atoms with Gasteiger partial charge in [-0.1, -0.05) is 0 Å². The molecule has 2 aromatic rings. The molecule has 0 bridgehead atoms. The Kier molecular flexibility index (Phi) is 3.99. The van der Waals surface area contributed by atoms with Crippen LogP contribution in [0.15, 0.2) is 36.7 Å². The Labute approximate surface area is 115 Å². The van der Waals surface area contributed by atoms with Crippen LogP contribution in [-0.4, -0.2) is 24.1 Å². The first-order chi connectivity index (χ1) is 9.65. The van der Waals surface area contributed by atoms with Crippen molar-refractivity contribution < 1.29 is 14.4 Å². The van der Waals surface area contributed by atoms with E-state index in [1.165, 1.54) is 25.6 Å². The third-order valence-electron chi connectivity index (χ3n) is 2.66. The summed E-state index contributed by atoms with van der Waals surface area (Å²) in [6, 6.07) is 6.69. The molecule has 0 amide bonds. The summed E-state index contributed by atoms with van der Waals surface area (Å²) >= 11 is 0. The number of pyridine rings is 1. The SMILES string of the molecule is COc1ccc(Nc2ccncc2[N+](=O)[O-])cc1OC. The highest BCUT2D eigenvalue weighted by atomic mass is 16.6. The number of nitro groups is 1. The van der Waals surface area contributed by atoms with E-state index < -0.39 is 4.92 Å². The van der Waals surface area contributed by atoms with E-state index in [-0.39, 0.29) is 5.69 Å². The second-order valence-electron chi connectivity index (χ2n) is 3.84. The third-order valence-corrected chi connectivity index (χ3v) is 2.66. The van der Waals surface area contributed by atoms with Crippen molar-refractivity contribution in [2.45, 2.75) is 0 Å². The molecular formula is C13H13N3O4. The van der Waals surface area contributed by atoms with E-state index >= 15 is 0 Å². The Balaban J connectivity index is 2.33. The van der Waals surface area contributed by atoms with E-state index in [4.69, 9.17) is 9.47 Å². The summed E-state index contributed by atoms with van der Waals surface area (Å²) in [5.41, 5.74) is 0.913. The standard InChI is InChI=1S/C13H13N3O4/c1-19-12-4-3-9(7-13(12)20-2)15-10-5-6-14-8-11(10)16(17)18/h3-8H,1-2H3,(H,14,15). The first-order valence-corrected chi connectivity index (χ1v) is 5.73. The number of nitrogens with one attached hydrogen (secondary N) is 1. The minimum atomic E-state index is -0.490. The molecule has 0 fully saturated rings. The Morgan fingerprint density at radius 1 is 1.20 bits per heavy atom. The zero-order chi connectivity index (χ0) is 14.5. The summed E-state index contributed by atoms with van der Waals surface area (Å²) in [5, 5.41) is 13.9.